The number of nitrogens with one attached hydrogen (secondary N) is 6. The van der Waals surface area contributed by atoms with Crippen molar-refractivity contribution in [3.8, 4) is 22.5 Å². The summed E-state index contributed by atoms with van der Waals surface area (Å²) in [4.78, 5) is 94.2. The Labute approximate surface area is 475 Å². The summed E-state index contributed by atoms with van der Waals surface area (Å²) in [6, 6.07) is 20.7. The molecule has 8 aromatic rings. The van der Waals surface area contributed by atoms with E-state index in [1.807, 2.05) is 68.8 Å². The van der Waals surface area contributed by atoms with Crippen molar-refractivity contribution in [2.75, 3.05) is 81.7 Å². The quantitative estimate of drug-likeness (QED) is 0.0440. The van der Waals surface area contributed by atoms with Crippen molar-refractivity contribution in [1.82, 2.24) is 59.5 Å². The number of likely N-dealkylation sites (tertiary alicyclic amines) is 2. The van der Waals surface area contributed by atoms with E-state index in [-0.39, 0.29) is 41.4 Å². The van der Waals surface area contributed by atoms with Gasteiger partial charge in [-0.2, -0.15) is 0 Å². The first-order valence-electron chi connectivity index (χ1n) is 26.3. The number of rotatable bonds is 18. The van der Waals surface area contributed by atoms with Gasteiger partial charge in [0.25, 0.3) is 11.8 Å². The summed E-state index contributed by atoms with van der Waals surface area (Å²) >= 11 is 10.3. The summed E-state index contributed by atoms with van der Waals surface area (Å²) < 4.78 is 0.731. The molecule has 2 aliphatic heterocycles. The number of piperidine rings is 2. The van der Waals surface area contributed by atoms with E-state index in [2.05, 4.69) is 84.1 Å². The number of likely N-dealkylation sites (N-methyl/N-ethyl adjacent to an activating group) is 2. The van der Waals surface area contributed by atoms with Crippen LogP contribution in [0.15, 0.2) is 133 Å². The van der Waals surface area contributed by atoms with Crippen LogP contribution in [-0.2, 0) is 16.1 Å². The topological polar surface area (TPSA) is 238 Å². The Bertz CT molecular complexity index is 3600. The normalized spacial score (nSPS) is 15.8. The van der Waals surface area contributed by atoms with Crippen molar-refractivity contribution in [1.29, 1.82) is 0 Å². The van der Waals surface area contributed by atoms with Crippen molar-refractivity contribution in [2.45, 2.75) is 44.3 Å². The van der Waals surface area contributed by atoms with Gasteiger partial charge in [0.15, 0.2) is 0 Å². The van der Waals surface area contributed by atoms with E-state index < -0.39 is 0 Å². The van der Waals surface area contributed by atoms with Gasteiger partial charge >= 0.3 is 0 Å². The fourth-order valence-corrected chi connectivity index (χ4v) is 10.5. The van der Waals surface area contributed by atoms with E-state index in [1.54, 1.807) is 58.6 Å². The maximum Gasteiger partial charge on any atom is 0.272 e. The summed E-state index contributed by atoms with van der Waals surface area (Å²) in [6.45, 7) is 3.84. The molecule has 22 heteroatoms. The lowest BCUT2D eigenvalue weighted by Crippen LogP contribution is -2.45. The van der Waals surface area contributed by atoms with Gasteiger partial charge in [-0.05, 0) is 111 Å². The van der Waals surface area contributed by atoms with Crippen LogP contribution in [0.1, 0.15) is 52.2 Å². The third-order valence-electron chi connectivity index (χ3n) is 13.8. The fraction of sp³-hybridized carbons (Fsp3) is 0.276. The number of aromatic nitrogens is 8. The van der Waals surface area contributed by atoms with Crippen LogP contribution < -0.4 is 21.3 Å². The van der Waals surface area contributed by atoms with Crippen LogP contribution in [-0.4, -0.2) is 156 Å². The Hall–Kier alpha value is -8.37. The van der Waals surface area contributed by atoms with Gasteiger partial charge in [-0.25, -0.2) is 29.9 Å². The molecule has 410 valence electrons. The Kier molecular flexibility index (Phi) is 17.3. The molecular formula is C58H60BrClN16O4. The third-order valence-corrected chi connectivity index (χ3v) is 14.7. The summed E-state index contributed by atoms with van der Waals surface area (Å²) in [6.07, 6.45) is 19.9. The van der Waals surface area contributed by atoms with Crippen LogP contribution >= 0.6 is 27.5 Å². The number of halogens is 2. The molecule has 0 spiro atoms. The zero-order valence-electron chi connectivity index (χ0n) is 44.4. The zero-order chi connectivity index (χ0) is 55.7. The second-order valence-corrected chi connectivity index (χ2v) is 21.4. The van der Waals surface area contributed by atoms with Crippen LogP contribution in [0.3, 0.4) is 0 Å². The number of fused-ring (bicyclic) bond motifs is 2. The van der Waals surface area contributed by atoms with Gasteiger partial charge in [-0.1, -0.05) is 48.0 Å². The number of nitrogens with zero attached hydrogens (tertiary/aromatic N) is 10. The number of benzene rings is 2. The number of para-hydroxylation sites is 1. The molecule has 10 rings (SSSR count). The number of carbonyl (C=O) groups excluding carboxylic acids is 4. The van der Waals surface area contributed by atoms with E-state index in [9.17, 15) is 19.2 Å². The van der Waals surface area contributed by atoms with Gasteiger partial charge in [-0.3, -0.25) is 24.1 Å². The summed E-state index contributed by atoms with van der Waals surface area (Å²) in [5.74, 6) is -0.0802. The Morgan fingerprint density at radius 2 is 1.24 bits per heavy atom. The summed E-state index contributed by atoms with van der Waals surface area (Å²) in [5.41, 5.74) is 7.69. The molecule has 4 amide bonds. The monoisotopic (exact) mass is 1160 g/mol. The standard InChI is InChI=1S/C58H60BrClN16O4/c1-73(2)22-8-14-51(77)67-37-17-20-49(61-27-37)55(79)75-24-6-10-39(34-75)69-57-65-31-45(59)53(71-57)44-30-64-48-19-16-36(26-42(44)48)33-74(3)23-9-15-52(78)68-38-18-21-50(62-28-38)56(80)76-25-7-11-40(35-76)70-58-66-32-46(60)54(72-58)43-29-63-47-13-5-4-12-41(43)47/h4-5,8-9,12-21,26-32,39-40,63-64H,6-7,10-11,22-25,33-35H2,1-3H3,(H,67,77)(H,68,78)(H,65,69,71)(H,66,70,72)/b14-8+,15-9+/t39-,40-/m1/s1. The minimum absolute atomic E-state index is 0.0784. The highest BCUT2D eigenvalue weighted by Crippen LogP contribution is 2.35. The number of hydrogen-bond acceptors (Lipinski definition) is 14. The predicted molar refractivity (Wildman–Crippen MR) is 315 cm³/mol. The molecule has 2 aliphatic rings. The second kappa shape index (κ2) is 25.2. The van der Waals surface area contributed by atoms with E-state index in [4.69, 9.17) is 21.6 Å². The molecule has 8 heterocycles. The lowest BCUT2D eigenvalue weighted by molar-refractivity contribution is -0.112. The van der Waals surface area contributed by atoms with Gasteiger partial charge in [0.05, 0.1) is 50.8 Å². The van der Waals surface area contributed by atoms with E-state index in [0.29, 0.717) is 91.2 Å². The number of anilines is 4. The molecule has 0 bridgehead atoms. The van der Waals surface area contributed by atoms with Crippen molar-refractivity contribution in [3.05, 3.63) is 155 Å². The average molecular weight is 1160 g/mol. The predicted octanol–water partition coefficient (Wildman–Crippen LogP) is 8.89. The maximum atomic E-state index is 13.6. The molecule has 6 aromatic heterocycles. The molecule has 2 atom stereocenters. The van der Waals surface area contributed by atoms with Crippen LogP contribution in [0.25, 0.3) is 44.3 Å². The third kappa shape index (κ3) is 13.5. The summed E-state index contributed by atoms with van der Waals surface area (Å²) in [7, 11) is 5.83. The first-order chi connectivity index (χ1) is 38.8. The number of hydrogen-bond donors (Lipinski definition) is 6. The molecule has 0 unspecified atom stereocenters. The van der Waals surface area contributed by atoms with Crippen molar-refractivity contribution < 1.29 is 19.2 Å². The van der Waals surface area contributed by atoms with Crippen molar-refractivity contribution in [2.24, 2.45) is 0 Å². The van der Waals surface area contributed by atoms with Crippen molar-refractivity contribution in [3.63, 3.8) is 0 Å². The minimum atomic E-state index is -0.314. The molecule has 20 nitrogen and oxygen atoms in total. The zero-order valence-corrected chi connectivity index (χ0v) is 46.8. The highest BCUT2D eigenvalue weighted by atomic mass is 79.9. The van der Waals surface area contributed by atoms with Gasteiger partial charge in [0, 0.05) is 122 Å². The lowest BCUT2D eigenvalue weighted by Gasteiger charge is -2.33. The van der Waals surface area contributed by atoms with Gasteiger partial charge in [0.1, 0.15) is 11.4 Å². The smallest absolute Gasteiger partial charge is 0.272 e. The Morgan fingerprint density at radius 1 is 0.675 bits per heavy atom. The molecule has 0 saturated carbocycles. The number of pyridine rings is 2. The maximum absolute atomic E-state index is 13.6. The number of amides is 4. The highest BCUT2D eigenvalue weighted by molar-refractivity contribution is 9.10. The molecule has 2 fully saturated rings. The van der Waals surface area contributed by atoms with Crippen LogP contribution in [0.5, 0.6) is 0 Å². The molecule has 0 aliphatic carbocycles. The number of aromatic amines is 2. The molecule has 80 heavy (non-hydrogen) atoms. The van der Waals surface area contributed by atoms with Gasteiger partial charge < -0.3 is 45.9 Å². The Balaban J connectivity index is 0.689. The second-order valence-electron chi connectivity index (χ2n) is 20.2. The van der Waals surface area contributed by atoms with Gasteiger partial charge in [0.2, 0.25) is 23.7 Å². The first-order valence-corrected chi connectivity index (χ1v) is 27.5. The van der Waals surface area contributed by atoms with E-state index >= 15 is 0 Å². The van der Waals surface area contributed by atoms with E-state index in [0.717, 1.165) is 68.7 Å². The fourth-order valence-electron chi connectivity index (χ4n) is 9.87. The van der Waals surface area contributed by atoms with Crippen LogP contribution in [0.4, 0.5) is 23.3 Å². The average Bonchev–Trinajstić information content (AvgIpc) is 4.13. The van der Waals surface area contributed by atoms with Crippen LogP contribution in [0.2, 0.25) is 5.02 Å². The molecule has 6 N–H and O–H groups in total. The lowest BCUT2D eigenvalue weighted by atomic mass is 10.1. The van der Waals surface area contributed by atoms with Crippen LogP contribution in [0, 0.1) is 0 Å². The summed E-state index contributed by atoms with van der Waals surface area (Å²) in [5, 5.41) is 15.0. The molecule has 0 radical (unpaired) electrons. The Morgan fingerprint density at radius 3 is 1.84 bits per heavy atom. The molecule has 2 saturated heterocycles. The highest BCUT2D eigenvalue weighted by Gasteiger charge is 2.28. The van der Waals surface area contributed by atoms with Crippen molar-refractivity contribution >= 4 is 96.2 Å². The molecular weight excluding hydrogens is 1100 g/mol. The largest absolute Gasteiger partial charge is 0.360 e. The first kappa shape index (κ1) is 55.0. The molecule has 2 aromatic carbocycles. The van der Waals surface area contributed by atoms with E-state index in [1.165, 1.54) is 24.5 Å². The van der Waals surface area contributed by atoms with Gasteiger partial charge in [-0.15, -0.1) is 0 Å². The number of carbonyl (C=O) groups is 4. The SMILES string of the molecule is CN(C)C/C=C/C(=O)Nc1ccc(C(=O)N2CCC[C@@H](Nc3ncc(Br)c(-c4c[nH]c5ccc(CN(C)C/C=C/C(=O)Nc6ccc(C(=O)N7CCC[C@@H](Nc8ncc(Cl)c(-c9c[nH]c%10ccccc9%10)n8)C7)nc6)cc45)n3)C2)nc1. The number of H-pyrrole nitrogens is 2. The minimum Gasteiger partial charge on any atom is -0.360 e.